The summed E-state index contributed by atoms with van der Waals surface area (Å²) in [4.78, 5) is 27.6. The van der Waals surface area contributed by atoms with Crippen LogP contribution < -0.4 is 11.0 Å². The van der Waals surface area contributed by atoms with E-state index < -0.39 is 23.8 Å². The summed E-state index contributed by atoms with van der Waals surface area (Å²) in [5.41, 5.74) is 0.545. The third kappa shape index (κ3) is 4.36. The highest BCUT2D eigenvalue weighted by atomic mass is 19.4. The molecule has 0 aliphatic heterocycles. The zero-order chi connectivity index (χ0) is 22.2. The average molecular weight is 433 g/mol. The third-order valence-corrected chi connectivity index (χ3v) is 5.72. The Morgan fingerprint density at radius 1 is 1.19 bits per heavy atom. The maximum atomic E-state index is 12.8. The number of aliphatic hydroxyl groups is 1. The Morgan fingerprint density at radius 3 is 2.65 bits per heavy atom. The Morgan fingerprint density at radius 2 is 1.94 bits per heavy atom. The molecule has 0 bridgehead atoms. The van der Waals surface area contributed by atoms with Crippen molar-refractivity contribution in [3.8, 4) is 0 Å². The topological polar surface area (TPSA) is 87.1 Å². The van der Waals surface area contributed by atoms with Gasteiger partial charge in [0.05, 0.1) is 22.7 Å². The van der Waals surface area contributed by atoms with Gasteiger partial charge in [0, 0.05) is 18.2 Å². The normalized spacial score (nSPS) is 16.0. The van der Waals surface area contributed by atoms with E-state index >= 15 is 0 Å². The number of imidazole rings is 1. The van der Waals surface area contributed by atoms with E-state index in [9.17, 15) is 27.9 Å². The van der Waals surface area contributed by atoms with E-state index in [1.807, 2.05) is 0 Å². The first-order valence-electron chi connectivity index (χ1n) is 10.1. The summed E-state index contributed by atoms with van der Waals surface area (Å²) in [6.45, 7) is -0.252. The van der Waals surface area contributed by atoms with Gasteiger partial charge >= 0.3 is 11.9 Å². The maximum absolute atomic E-state index is 12.8. The van der Waals surface area contributed by atoms with Crippen LogP contribution in [-0.2, 0) is 6.18 Å². The molecule has 1 fully saturated rings. The number of benzene rings is 2. The van der Waals surface area contributed by atoms with E-state index in [0.717, 1.165) is 43.3 Å². The van der Waals surface area contributed by atoms with Gasteiger partial charge in [0.1, 0.15) is 0 Å². The predicted molar refractivity (Wildman–Crippen MR) is 109 cm³/mol. The second-order valence-electron chi connectivity index (χ2n) is 7.82. The van der Waals surface area contributed by atoms with Gasteiger partial charge in [-0.05, 0) is 48.7 Å². The van der Waals surface area contributed by atoms with Gasteiger partial charge < -0.3 is 15.4 Å². The van der Waals surface area contributed by atoms with Crippen molar-refractivity contribution < 1.29 is 23.1 Å². The predicted octanol–water partition coefficient (Wildman–Crippen LogP) is 3.93. The number of rotatable bonds is 5. The molecule has 2 aromatic carbocycles. The lowest BCUT2D eigenvalue weighted by atomic mass is 10.1. The fourth-order valence-electron chi connectivity index (χ4n) is 4.13. The first-order chi connectivity index (χ1) is 14.7. The third-order valence-electron chi connectivity index (χ3n) is 5.72. The molecule has 1 aliphatic carbocycles. The minimum atomic E-state index is -4.51. The SMILES string of the molecule is O=C(NCC(O)c1cccc(C(F)(F)F)c1)c1ccc2c(c1)[nH]c(=O)n2C1CCCC1. The number of hydrogen-bond acceptors (Lipinski definition) is 3. The Bertz CT molecular complexity index is 1160. The zero-order valence-corrected chi connectivity index (χ0v) is 16.6. The smallest absolute Gasteiger partial charge is 0.387 e. The van der Waals surface area contributed by atoms with E-state index in [2.05, 4.69) is 10.3 Å². The molecular weight excluding hydrogens is 411 g/mol. The van der Waals surface area contributed by atoms with Crippen LogP contribution in [0, 0.1) is 0 Å². The molecule has 6 nitrogen and oxygen atoms in total. The van der Waals surface area contributed by atoms with Crippen molar-refractivity contribution in [3.63, 3.8) is 0 Å². The van der Waals surface area contributed by atoms with Crippen LogP contribution in [-0.4, -0.2) is 27.1 Å². The molecule has 0 spiro atoms. The van der Waals surface area contributed by atoms with Crippen LogP contribution in [0.15, 0.2) is 47.3 Å². The summed E-state index contributed by atoms with van der Waals surface area (Å²) in [5, 5.41) is 12.7. The summed E-state index contributed by atoms with van der Waals surface area (Å²) >= 11 is 0. The molecule has 164 valence electrons. The van der Waals surface area contributed by atoms with Gasteiger partial charge in [-0.3, -0.25) is 9.36 Å². The highest BCUT2D eigenvalue weighted by Crippen LogP contribution is 2.31. The van der Waals surface area contributed by atoms with Gasteiger partial charge in [-0.25, -0.2) is 4.79 Å². The number of aromatic amines is 1. The molecule has 4 rings (SSSR count). The molecule has 31 heavy (non-hydrogen) atoms. The van der Waals surface area contributed by atoms with E-state index in [-0.39, 0.29) is 29.4 Å². The monoisotopic (exact) mass is 433 g/mol. The number of nitrogens with one attached hydrogen (secondary N) is 2. The number of hydrogen-bond donors (Lipinski definition) is 3. The van der Waals surface area contributed by atoms with E-state index in [1.165, 1.54) is 12.1 Å². The van der Waals surface area contributed by atoms with E-state index in [0.29, 0.717) is 5.52 Å². The summed E-state index contributed by atoms with van der Waals surface area (Å²) in [6.07, 6.45) is -1.75. The van der Waals surface area contributed by atoms with Crippen LogP contribution in [0.2, 0.25) is 0 Å². The number of H-pyrrole nitrogens is 1. The van der Waals surface area contributed by atoms with Crippen LogP contribution >= 0.6 is 0 Å². The molecule has 1 amide bonds. The van der Waals surface area contributed by atoms with Crippen LogP contribution in [0.3, 0.4) is 0 Å². The number of alkyl halides is 3. The Labute approximate surface area is 175 Å². The number of halogens is 3. The molecule has 1 atom stereocenters. The fraction of sp³-hybridized carbons (Fsp3) is 0.364. The van der Waals surface area contributed by atoms with Crippen LogP contribution in [0.25, 0.3) is 11.0 Å². The lowest BCUT2D eigenvalue weighted by Gasteiger charge is -2.15. The quantitative estimate of drug-likeness (QED) is 0.570. The number of amides is 1. The lowest BCUT2D eigenvalue weighted by Crippen LogP contribution is -2.28. The minimum absolute atomic E-state index is 0.0588. The fourth-order valence-corrected chi connectivity index (χ4v) is 4.13. The van der Waals surface area contributed by atoms with Crippen LogP contribution in [0.5, 0.6) is 0 Å². The summed E-state index contributed by atoms with van der Waals surface area (Å²) < 4.78 is 40.3. The second-order valence-corrected chi connectivity index (χ2v) is 7.82. The number of carbonyl (C=O) groups is 1. The zero-order valence-electron chi connectivity index (χ0n) is 16.6. The van der Waals surface area contributed by atoms with Gasteiger partial charge in [0.2, 0.25) is 0 Å². The number of aromatic nitrogens is 2. The highest BCUT2D eigenvalue weighted by molar-refractivity contribution is 5.97. The van der Waals surface area contributed by atoms with Crippen molar-refractivity contribution in [1.29, 1.82) is 0 Å². The summed E-state index contributed by atoms with van der Waals surface area (Å²) in [6, 6.07) is 9.38. The standard InChI is InChI=1S/C22H22F3N3O3/c23-22(24,25)15-5-3-4-13(10-15)19(29)12-26-20(30)14-8-9-18-17(11-14)27-21(31)28(18)16-6-1-2-7-16/h3-5,8-11,16,19,29H,1-2,6-7,12H2,(H,26,30)(H,27,31). The molecule has 3 N–H and O–H groups in total. The molecule has 1 unspecified atom stereocenters. The van der Waals surface area contributed by atoms with Gasteiger partial charge in [-0.15, -0.1) is 0 Å². The molecule has 0 radical (unpaired) electrons. The maximum Gasteiger partial charge on any atom is 0.416 e. The first kappa shape index (κ1) is 21.2. The summed E-state index contributed by atoms with van der Waals surface area (Å²) in [5.74, 6) is -0.498. The number of nitrogens with zero attached hydrogens (tertiary/aromatic N) is 1. The van der Waals surface area contributed by atoms with Crippen LogP contribution in [0.4, 0.5) is 13.2 Å². The number of carbonyl (C=O) groups excluding carboxylic acids is 1. The molecule has 0 saturated heterocycles. The average Bonchev–Trinajstić information content (AvgIpc) is 3.37. The van der Waals surface area contributed by atoms with Gasteiger partial charge in [0.25, 0.3) is 5.91 Å². The minimum Gasteiger partial charge on any atom is -0.387 e. The lowest BCUT2D eigenvalue weighted by molar-refractivity contribution is -0.137. The van der Waals surface area contributed by atoms with Gasteiger partial charge in [0.15, 0.2) is 0 Å². The molecule has 3 aromatic rings. The van der Waals surface area contributed by atoms with Crippen molar-refractivity contribution in [2.75, 3.05) is 6.54 Å². The Balaban J connectivity index is 1.47. The largest absolute Gasteiger partial charge is 0.416 e. The highest BCUT2D eigenvalue weighted by Gasteiger charge is 2.31. The number of fused-ring (bicyclic) bond motifs is 1. The van der Waals surface area contributed by atoms with E-state index in [1.54, 1.807) is 22.8 Å². The summed E-state index contributed by atoms with van der Waals surface area (Å²) in [7, 11) is 0. The molecule has 1 aliphatic rings. The first-order valence-corrected chi connectivity index (χ1v) is 10.1. The Kier molecular flexibility index (Phi) is 5.62. The van der Waals surface area contributed by atoms with Gasteiger partial charge in [-0.1, -0.05) is 25.0 Å². The van der Waals surface area contributed by atoms with Crippen molar-refractivity contribution in [3.05, 3.63) is 69.6 Å². The van der Waals surface area contributed by atoms with Crippen molar-refractivity contribution in [1.82, 2.24) is 14.9 Å². The second kappa shape index (κ2) is 8.22. The van der Waals surface area contributed by atoms with Gasteiger partial charge in [-0.2, -0.15) is 13.2 Å². The molecule has 1 aromatic heterocycles. The van der Waals surface area contributed by atoms with E-state index in [4.69, 9.17) is 0 Å². The van der Waals surface area contributed by atoms with Crippen molar-refractivity contribution >= 4 is 16.9 Å². The van der Waals surface area contributed by atoms with Crippen LogP contribution in [0.1, 0.15) is 59.3 Å². The molecule has 9 heteroatoms. The van der Waals surface area contributed by atoms with Crippen molar-refractivity contribution in [2.45, 2.75) is 44.0 Å². The van der Waals surface area contributed by atoms with Crippen molar-refractivity contribution in [2.24, 2.45) is 0 Å². The molecular formula is C22H22F3N3O3. The number of aliphatic hydroxyl groups excluding tert-OH is 1. The Hall–Kier alpha value is -3.07. The molecule has 1 heterocycles. The molecule has 1 saturated carbocycles.